The molecule has 0 radical (unpaired) electrons. The summed E-state index contributed by atoms with van der Waals surface area (Å²) in [5.41, 5.74) is 1.55. The third-order valence-corrected chi connectivity index (χ3v) is 4.81. The van der Waals surface area contributed by atoms with Gasteiger partial charge in [0.1, 0.15) is 12.1 Å². The first-order chi connectivity index (χ1) is 16.2. The smallest absolute Gasteiger partial charge is 0.326 e. The molecule has 0 bridgehead atoms. The maximum atomic E-state index is 12.2. The van der Waals surface area contributed by atoms with Gasteiger partial charge in [0.15, 0.2) is 0 Å². The molecule has 2 heterocycles. The van der Waals surface area contributed by atoms with Crippen LogP contribution in [0.25, 0.3) is 0 Å². The van der Waals surface area contributed by atoms with Crippen LogP contribution in [-0.4, -0.2) is 72.8 Å². The lowest BCUT2D eigenvalue weighted by Gasteiger charge is -2.24. The molecule has 2 amide bonds. The van der Waals surface area contributed by atoms with Crippen molar-refractivity contribution in [3.05, 3.63) is 60.2 Å². The zero-order valence-corrected chi connectivity index (χ0v) is 18.3. The van der Waals surface area contributed by atoms with Gasteiger partial charge < -0.3 is 26.0 Å². The molecule has 0 aromatic carbocycles. The van der Waals surface area contributed by atoms with Crippen molar-refractivity contribution >= 4 is 23.9 Å². The zero-order chi connectivity index (χ0) is 24.9. The second-order valence-corrected chi connectivity index (χ2v) is 7.47. The molecular formula is C22H27N5O7. The van der Waals surface area contributed by atoms with E-state index < -0.39 is 42.4 Å². The normalized spacial score (nSPS) is 12.5. The van der Waals surface area contributed by atoms with Crippen molar-refractivity contribution in [2.45, 2.75) is 44.4 Å². The summed E-state index contributed by atoms with van der Waals surface area (Å²) in [4.78, 5) is 56.4. The SMILES string of the molecule is O=C(O)CC[C@H](NC(=O)NC(CCN(Cc1ccccn1)Cc1ccccn1)C(=O)O)C(=O)O. The molecule has 0 fully saturated rings. The van der Waals surface area contributed by atoms with Gasteiger partial charge in [-0.3, -0.25) is 19.7 Å². The average Bonchev–Trinajstić information content (AvgIpc) is 2.80. The van der Waals surface area contributed by atoms with Crippen LogP contribution in [0.2, 0.25) is 0 Å². The summed E-state index contributed by atoms with van der Waals surface area (Å²) in [6, 6.07) is 7.18. The minimum atomic E-state index is -1.46. The number of urea groups is 1. The number of carboxylic acids is 3. The fourth-order valence-corrected chi connectivity index (χ4v) is 3.11. The van der Waals surface area contributed by atoms with Crippen molar-refractivity contribution in [3.8, 4) is 0 Å². The van der Waals surface area contributed by atoms with Crippen LogP contribution >= 0.6 is 0 Å². The van der Waals surface area contributed by atoms with Gasteiger partial charge in [-0.05, 0) is 37.1 Å². The summed E-state index contributed by atoms with van der Waals surface area (Å²) >= 11 is 0. The second kappa shape index (κ2) is 13.5. The fourth-order valence-electron chi connectivity index (χ4n) is 3.11. The Bertz CT molecular complexity index is 917. The molecule has 2 atom stereocenters. The third kappa shape index (κ3) is 9.61. The number of carboxylic acid groups (broad SMARTS) is 3. The highest BCUT2D eigenvalue weighted by molar-refractivity contribution is 5.86. The molecule has 0 saturated heterocycles. The number of carbonyl (C=O) groups is 4. The number of hydrogen-bond acceptors (Lipinski definition) is 7. The van der Waals surface area contributed by atoms with Crippen molar-refractivity contribution in [1.29, 1.82) is 0 Å². The Morgan fingerprint density at radius 2 is 1.29 bits per heavy atom. The minimum absolute atomic E-state index is 0.0231. The Kier molecular flexibility index (Phi) is 10.4. The lowest BCUT2D eigenvalue weighted by atomic mass is 10.1. The summed E-state index contributed by atoms with van der Waals surface area (Å²) in [5, 5.41) is 31.8. The molecule has 0 spiro atoms. The highest BCUT2D eigenvalue weighted by Gasteiger charge is 2.25. The van der Waals surface area contributed by atoms with Gasteiger partial charge in [0.2, 0.25) is 0 Å². The number of nitrogens with one attached hydrogen (secondary N) is 2. The first kappa shape index (κ1) is 26.2. The molecule has 12 heteroatoms. The maximum Gasteiger partial charge on any atom is 0.326 e. The Morgan fingerprint density at radius 1 is 0.794 bits per heavy atom. The molecule has 0 aliphatic carbocycles. The van der Waals surface area contributed by atoms with Crippen LogP contribution in [0.1, 0.15) is 30.7 Å². The van der Waals surface area contributed by atoms with E-state index in [4.69, 9.17) is 10.2 Å². The second-order valence-electron chi connectivity index (χ2n) is 7.47. The summed E-state index contributed by atoms with van der Waals surface area (Å²) in [7, 11) is 0. The van der Waals surface area contributed by atoms with Crippen LogP contribution in [0.3, 0.4) is 0 Å². The van der Waals surface area contributed by atoms with Crippen LogP contribution in [0, 0.1) is 0 Å². The number of aliphatic carboxylic acids is 3. The van der Waals surface area contributed by atoms with Crippen molar-refractivity contribution < 1.29 is 34.5 Å². The fraction of sp³-hybridized carbons (Fsp3) is 0.364. The summed E-state index contributed by atoms with van der Waals surface area (Å²) in [5.74, 6) is -3.92. The summed E-state index contributed by atoms with van der Waals surface area (Å²) in [6.45, 7) is 1.12. The molecule has 182 valence electrons. The Labute approximate surface area is 195 Å². The maximum absolute atomic E-state index is 12.2. The number of rotatable bonds is 14. The first-order valence-electron chi connectivity index (χ1n) is 10.5. The van der Waals surface area contributed by atoms with E-state index >= 15 is 0 Å². The predicted octanol–water partition coefficient (Wildman–Crippen LogP) is 0.939. The molecule has 1 unspecified atom stereocenters. The average molecular weight is 473 g/mol. The van der Waals surface area contributed by atoms with E-state index in [1.165, 1.54) is 0 Å². The third-order valence-electron chi connectivity index (χ3n) is 4.81. The van der Waals surface area contributed by atoms with Gasteiger partial charge in [-0.25, -0.2) is 14.4 Å². The Balaban J connectivity index is 2.01. The quantitative estimate of drug-likeness (QED) is 0.265. The van der Waals surface area contributed by atoms with Crippen molar-refractivity contribution in [3.63, 3.8) is 0 Å². The largest absolute Gasteiger partial charge is 0.481 e. The van der Waals surface area contributed by atoms with Crippen LogP contribution < -0.4 is 10.6 Å². The molecule has 34 heavy (non-hydrogen) atoms. The monoisotopic (exact) mass is 473 g/mol. The predicted molar refractivity (Wildman–Crippen MR) is 119 cm³/mol. The topological polar surface area (TPSA) is 182 Å². The highest BCUT2D eigenvalue weighted by Crippen LogP contribution is 2.09. The van der Waals surface area contributed by atoms with E-state index in [9.17, 15) is 24.3 Å². The molecule has 2 aromatic rings. The van der Waals surface area contributed by atoms with Gasteiger partial charge >= 0.3 is 23.9 Å². The van der Waals surface area contributed by atoms with E-state index in [0.717, 1.165) is 11.4 Å². The Morgan fingerprint density at radius 3 is 1.71 bits per heavy atom. The number of hydrogen-bond donors (Lipinski definition) is 5. The molecule has 2 aromatic heterocycles. The number of nitrogens with zero attached hydrogens (tertiary/aromatic N) is 3. The first-order valence-corrected chi connectivity index (χ1v) is 10.5. The van der Waals surface area contributed by atoms with E-state index in [1.807, 2.05) is 29.2 Å². The molecule has 5 N–H and O–H groups in total. The Hall–Kier alpha value is -4.06. The molecule has 0 aliphatic heterocycles. The minimum Gasteiger partial charge on any atom is -0.481 e. The van der Waals surface area contributed by atoms with E-state index in [2.05, 4.69) is 20.6 Å². The van der Waals surface area contributed by atoms with Gasteiger partial charge in [0.25, 0.3) is 0 Å². The van der Waals surface area contributed by atoms with Crippen molar-refractivity contribution in [2.24, 2.45) is 0 Å². The molecule has 0 saturated carbocycles. The van der Waals surface area contributed by atoms with Gasteiger partial charge in [0, 0.05) is 38.4 Å². The standard InChI is InChI=1S/C22H27N5O7/c28-19(29)8-7-17(20(30)31)25-22(34)26-18(21(32)33)9-12-27(13-15-5-1-3-10-23-15)14-16-6-2-4-11-24-16/h1-6,10-11,17-18H,7-9,12-14H2,(H,28,29)(H,30,31)(H,32,33)(H2,25,26,34)/t17-,18?/m0/s1. The van der Waals surface area contributed by atoms with E-state index in [1.54, 1.807) is 24.5 Å². The number of pyridine rings is 2. The van der Waals surface area contributed by atoms with Crippen molar-refractivity contribution in [2.75, 3.05) is 6.54 Å². The number of aromatic nitrogens is 2. The van der Waals surface area contributed by atoms with Gasteiger partial charge in [-0.1, -0.05) is 12.1 Å². The van der Waals surface area contributed by atoms with E-state index in [0.29, 0.717) is 13.1 Å². The summed E-state index contributed by atoms with van der Waals surface area (Å²) < 4.78 is 0. The molecule has 0 aliphatic rings. The van der Waals surface area contributed by atoms with Crippen LogP contribution in [0.4, 0.5) is 4.79 Å². The zero-order valence-electron chi connectivity index (χ0n) is 18.3. The van der Waals surface area contributed by atoms with Crippen LogP contribution in [-0.2, 0) is 27.5 Å². The molecular weight excluding hydrogens is 446 g/mol. The van der Waals surface area contributed by atoms with Crippen LogP contribution in [0.5, 0.6) is 0 Å². The lowest BCUT2D eigenvalue weighted by Crippen LogP contribution is -2.51. The van der Waals surface area contributed by atoms with Gasteiger partial charge in [-0.2, -0.15) is 0 Å². The van der Waals surface area contributed by atoms with Crippen molar-refractivity contribution in [1.82, 2.24) is 25.5 Å². The molecule has 12 nitrogen and oxygen atoms in total. The van der Waals surface area contributed by atoms with Crippen LogP contribution in [0.15, 0.2) is 48.8 Å². The number of carbonyl (C=O) groups excluding carboxylic acids is 1. The molecule has 2 rings (SSSR count). The van der Waals surface area contributed by atoms with E-state index in [-0.39, 0.29) is 19.4 Å². The van der Waals surface area contributed by atoms with Gasteiger partial charge in [-0.15, -0.1) is 0 Å². The van der Waals surface area contributed by atoms with Gasteiger partial charge in [0.05, 0.1) is 11.4 Å². The lowest BCUT2D eigenvalue weighted by molar-refractivity contribution is -0.140. The highest BCUT2D eigenvalue weighted by atomic mass is 16.4. The summed E-state index contributed by atoms with van der Waals surface area (Å²) in [6.07, 6.45) is 2.54. The number of amides is 2.